The van der Waals surface area contributed by atoms with E-state index in [1.165, 1.54) is 25.7 Å². The predicted molar refractivity (Wildman–Crippen MR) is 56.2 cm³/mol. The second-order valence-electron chi connectivity index (χ2n) is 3.47. The lowest BCUT2D eigenvalue weighted by Gasteiger charge is -2.05. The van der Waals surface area contributed by atoms with Gasteiger partial charge in [0, 0.05) is 6.61 Å². The van der Waals surface area contributed by atoms with Crippen LogP contribution in [-0.4, -0.2) is 22.7 Å². The van der Waals surface area contributed by atoms with Crippen LogP contribution in [-0.2, 0) is 9.30 Å². The molecule has 0 saturated heterocycles. The molecule has 0 rings (SSSR count). The summed E-state index contributed by atoms with van der Waals surface area (Å²) in [6.07, 6.45) is 6.47. The van der Waals surface area contributed by atoms with Crippen LogP contribution in [0.2, 0.25) is 0 Å². The van der Waals surface area contributed by atoms with Crippen molar-refractivity contribution in [2.24, 2.45) is 0 Å². The molecule has 0 aliphatic rings. The van der Waals surface area contributed by atoms with Gasteiger partial charge in [-0.3, -0.25) is 4.57 Å². The molecule has 0 atom stereocenters. The SMILES string of the molecule is CCCCCCCCOCP(=O)(O)O. The lowest BCUT2D eigenvalue weighted by molar-refractivity contribution is 0.152. The van der Waals surface area contributed by atoms with Gasteiger partial charge in [0.15, 0.2) is 0 Å². The highest BCUT2D eigenvalue weighted by atomic mass is 31.2. The number of rotatable bonds is 9. The summed E-state index contributed by atoms with van der Waals surface area (Å²) in [6.45, 7) is 2.63. The van der Waals surface area contributed by atoms with Gasteiger partial charge in [0.05, 0.1) is 0 Å². The summed E-state index contributed by atoms with van der Waals surface area (Å²) < 4.78 is 15.2. The van der Waals surface area contributed by atoms with Gasteiger partial charge in [0.1, 0.15) is 6.35 Å². The molecule has 0 saturated carbocycles. The van der Waals surface area contributed by atoms with Gasteiger partial charge in [-0.1, -0.05) is 39.0 Å². The molecule has 0 aromatic heterocycles. The smallest absolute Gasteiger partial charge is 0.350 e. The molecule has 4 nitrogen and oxygen atoms in total. The normalized spacial score (nSPS) is 11.9. The Kier molecular flexibility index (Phi) is 8.49. The maximum absolute atomic E-state index is 10.4. The third-order valence-corrected chi connectivity index (χ3v) is 2.42. The van der Waals surface area contributed by atoms with Crippen molar-refractivity contribution in [1.82, 2.24) is 0 Å². The summed E-state index contributed by atoms with van der Waals surface area (Å²) in [5.74, 6) is 0. The molecule has 86 valence electrons. The van der Waals surface area contributed by atoms with Crippen molar-refractivity contribution in [3.05, 3.63) is 0 Å². The maximum Gasteiger partial charge on any atom is 0.350 e. The third-order valence-electron chi connectivity index (χ3n) is 1.90. The minimum Gasteiger partial charge on any atom is -0.369 e. The quantitative estimate of drug-likeness (QED) is 0.466. The zero-order valence-corrected chi connectivity index (χ0v) is 9.71. The summed E-state index contributed by atoms with van der Waals surface area (Å²) in [5, 5.41) is 0. The molecule has 0 aliphatic carbocycles. The summed E-state index contributed by atoms with van der Waals surface area (Å²) in [5.41, 5.74) is 0. The molecule has 0 aliphatic heterocycles. The van der Waals surface area contributed by atoms with Crippen LogP contribution in [0.15, 0.2) is 0 Å². The van der Waals surface area contributed by atoms with E-state index in [4.69, 9.17) is 14.5 Å². The summed E-state index contributed by atoms with van der Waals surface area (Å²) in [7, 11) is -3.95. The zero-order valence-electron chi connectivity index (χ0n) is 8.81. The second-order valence-corrected chi connectivity index (χ2v) is 5.06. The van der Waals surface area contributed by atoms with Crippen LogP contribution in [0, 0.1) is 0 Å². The Morgan fingerprint density at radius 3 is 2.21 bits per heavy atom. The van der Waals surface area contributed by atoms with E-state index in [9.17, 15) is 4.57 Å². The van der Waals surface area contributed by atoms with Crippen molar-refractivity contribution in [2.45, 2.75) is 45.4 Å². The van der Waals surface area contributed by atoms with Gasteiger partial charge in [-0.05, 0) is 6.42 Å². The Labute approximate surface area is 85.8 Å². The largest absolute Gasteiger partial charge is 0.369 e. The van der Waals surface area contributed by atoms with Crippen molar-refractivity contribution in [1.29, 1.82) is 0 Å². The minimum atomic E-state index is -3.95. The van der Waals surface area contributed by atoms with Crippen molar-refractivity contribution in [2.75, 3.05) is 13.0 Å². The van der Waals surface area contributed by atoms with E-state index in [1.54, 1.807) is 0 Å². The molecule has 14 heavy (non-hydrogen) atoms. The highest BCUT2D eigenvalue weighted by Crippen LogP contribution is 2.33. The van der Waals surface area contributed by atoms with E-state index in [2.05, 4.69) is 6.92 Å². The third kappa shape index (κ3) is 12.1. The van der Waals surface area contributed by atoms with Crippen LogP contribution in [0.1, 0.15) is 45.4 Å². The van der Waals surface area contributed by atoms with E-state index in [0.29, 0.717) is 6.61 Å². The highest BCUT2D eigenvalue weighted by Gasteiger charge is 2.11. The average Bonchev–Trinajstić information content (AvgIpc) is 2.08. The van der Waals surface area contributed by atoms with E-state index < -0.39 is 13.9 Å². The highest BCUT2D eigenvalue weighted by molar-refractivity contribution is 7.51. The van der Waals surface area contributed by atoms with Crippen LogP contribution in [0.25, 0.3) is 0 Å². The predicted octanol–water partition coefficient (Wildman–Crippen LogP) is 2.50. The van der Waals surface area contributed by atoms with Crippen LogP contribution in [0.5, 0.6) is 0 Å². The van der Waals surface area contributed by atoms with E-state index in [1.807, 2.05) is 0 Å². The summed E-state index contributed by atoms with van der Waals surface area (Å²) in [4.78, 5) is 17.0. The fraction of sp³-hybridized carbons (Fsp3) is 1.00. The molecule has 5 heteroatoms. The van der Waals surface area contributed by atoms with Crippen LogP contribution >= 0.6 is 7.60 Å². The van der Waals surface area contributed by atoms with Crippen LogP contribution < -0.4 is 0 Å². The van der Waals surface area contributed by atoms with Crippen LogP contribution in [0.4, 0.5) is 0 Å². The fourth-order valence-corrected chi connectivity index (χ4v) is 1.53. The molecular weight excluding hydrogens is 203 g/mol. The molecule has 0 heterocycles. The van der Waals surface area contributed by atoms with Gasteiger partial charge < -0.3 is 14.5 Å². The molecular formula is C9H21O4P. The minimum absolute atomic E-state index is 0.443. The lowest BCUT2D eigenvalue weighted by Crippen LogP contribution is -1.97. The van der Waals surface area contributed by atoms with Gasteiger partial charge in [0.2, 0.25) is 0 Å². The first-order chi connectivity index (χ1) is 6.56. The van der Waals surface area contributed by atoms with E-state index in [0.717, 1.165) is 12.8 Å². The Balaban J connectivity index is 3.03. The Morgan fingerprint density at radius 1 is 1.07 bits per heavy atom. The zero-order chi connectivity index (χ0) is 10.9. The Morgan fingerprint density at radius 2 is 1.64 bits per heavy atom. The first-order valence-corrected chi connectivity index (χ1v) is 6.98. The van der Waals surface area contributed by atoms with Crippen LogP contribution in [0.3, 0.4) is 0 Å². The molecule has 0 bridgehead atoms. The fourth-order valence-electron chi connectivity index (χ4n) is 1.17. The summed E-state index contributed by atoms with van der Waals surface area (Å²) in [6, 6.07) is 0. The molecule has 0 aromatic carbocycles. The first kappa shape index (κ1) is 14.1. The van der Waals surface area contributed by atoms with Crippen molar-refractivity contribution < 1.29 is 19.1 Å². The monoisotopic (exact) mass is 224 g/mol. The topological polar surface area (TPSA) is 66.8 Å². The average molecular weight is 224 g/mol. The van der Waals surface area contributed by atoms with Crippen molar-refractivity contribution >= 4 is 7.60 Å². The number of unbranched alkanes of at least 4 members (excludes halogenated alkanes) is 5. The molecule has 0 fully saturated rings. The van der Waals surface area contributed by atoms with Crippen molar-refractivity contribution in [3.63, 3.8) is 0 Å². The standard InChI is InChI=1S/C9H21O4P/c1-2-3-4-5-6-7-8-13-9-14(10,11)12/h2-9H2,1H3,(H2,10,11,12). The van der Waals surface area contributed by atoms with Gasteiger partial charge in [-0.25, -0.2) is 0 Å². The van der Waals surface area contributed by atoms with Gasteiger partial charge in [0.25, 0.3) is 0 Å². The lowest BCUT2D eigenvalue weighted by atomic mass is 10.1. The molecule has 0 amide bonds. The van der Waals surface area contributed by atoms with E-state index in [-0.39, 0.29) is 0 Å². The number of hydrogen-bond donors (Lipinski definition) is 2. The van der Waals surface area contributed by atoms with E-state index >= 15 is 0 Å². The van der Waals surface area contributed by atoms with Gasteiger partial charge in [-0.2, -0.15) is 0 Å². The van der Waals surface area contributed by atoms with Crippen molar-refractivity contribution in [3.8, 4) is 0 Å². The van der Waals surface area contributed by atoms with Gasteiger partial charge in [-0.15, -0.1) is 0 Å². The molecule has 2 N–H and O–H groups in total. The number of hydrogen-bond acceptors (Lipinski definition) is 2. The second kappa shape index (κ2) is 8.42. The molecule has 0 unspecified atom stereocenters. The maximum atomic E-state index is 10.4. The summed E-state index contributed by atoms with van der Waals surface area (Å²) >= 11 is 0. The Bertz CT molecular complexity index is 166. The first-order valence-electron chi connectivity index (χ1n) is 5.18. The molecule has 0 aromatic rings. The number of ether oxygens (including phenoxy) is 1. The molecule has 0 spiro atoms. The molecule has 0 radical (unpaired) electrons. The van der Waals surface area contributed by atoms with Gasteiger partial charge >= 0.3 is 7.60 Å². The Hall–Kier alpha value is 0.110.